The fourth-order valence-corrected chi connectivity index (χ4v) is 4.90. The van der Waals surface area contributed by atoms with Crippen LogP contribution in [0.2, 0.25) is 0 Å². The second-order valence-electron chi connectivity index (χ2n) is 7.37. The van der Waals surface area contributed by atoms with E-state index in [-0.39, 0.29) is 0 Å². The van der Waals surface area contributed by atoms with Gasteiger partial charge in [0.05, 0.1) is 11.1 Å². The monoisotopic (exact) mass is 335 g/mol. The highest BCUT2D eigenvalue weighted by Gasteiger charge is 2.42. The highest BCUT2D eigenvalue weighted by Crippen LogP contribution is 2.46. The zero-order chi connectivity index (χ0) is 17.1. The van der Waals surface area contributed by atoms with Gasteiger partial charge in [-0.05, 0) is 44.8 Å². The number of para-hydroxylation sites is 1. The maximum atomic E-state index is 11.8. The standard InChI is InChI=1S/C20H21N3O2/c1-11-17(12-6-8-23(11)9-7-12)19-18-13-4-2-3-5-15(13)25-16(18)10-14(22-19)20(21)24/h2-5,10-12,17H,6-9H2,1H3,(H2,21,24)/t11-,17+/m1/s1. The third-order valence-corrected chi connectivity index (χ3v) is 6.13. The summed E-state index contributed by atoms with van der Waals surface area (Å²) in [5.74, 6) is 0.412. The van der Waals surface area contributed by atoms with Gasteiger partial charge in [0.2, 0.25) is 0 Å². The molecule has 3 aliphatic rings. The number of nitrogens with zero attached hydrogens (tertiary/aromatic N) is 2. The Morgan fingerprint density at radius 2 is 2.00 bits per heavy atom. The van der Waals surface area contributed by atoms with Crippen LogP contribution in [0.4, 0.5) is 0 Å². The number of amides is 1. The summed E-state index contributed by atoms with van der Waals surface area (Å²) < 4.78 is 6.03. The molecule has 6 rings (SSSR count). The molecule has 2 bridgehead atoms. The number of pyridine rings is 1. The first-order valence-corrected chi connectivity index (χ1v) is 8.99. The summed E-state index contributed by atoms with van der Waals surface area (Å²) in [6, 6.07) is 10.1. The number of primary amides is 1. The van der Waals surface area contributed by atoms with E-state index in [1.54, 1.807) is 6.07 Å². The Bertz CT molecular complexity index is 983. The summed E-state index contributed by atoms with van der Waals surface area (Å²) in [6.07, 6.45) is 2.38. The van der Waals surface area contributed by atoms with Crippen molar-refractivity contribution in [3.05, 3.63) is 41.7 Å². The number of fused-ring (bicyclic) bond motifs is 6. The molecule has 3 saturated heterocycles. The number of rotatable bonds is 2. The first-order valence-electron chi connectivity index (χ1n) is 8.99. The topological polar surface area (TPSA) is 72.4 Å². The van der Waals surface area contributed by atoms with E-state index in [2.05, 4.69) is 17.9 Å². The molecule has 2 atom stereocenters. The van der Waals surface area contributed by atoms with Crippen LogP contribution in [0.1, 0.15) is 41.9 Å². The molecule has 25 heavy (non-hydrogen) atoms. The minimum Gasteiger partial charge on any atom is -0.456 e. The normalized spacial score (nSPS) is 28.7. The van der Waals surface area contributed by atoms with Gasteiger partial charge in [-0.1, -0.05) is 18.2 Å². The molecule has 0 aliphatic carbocycles. The molecule has 3 fully saturated rings. The van der Waals surface area contributed by atoms with Crippen LogP contribution >= 0.6 is 0 Å². The van der Waals surface area contributed by atoms with Crippen molar-refractivity contribution in [2.75, 3.05) is 13.1 Å². The van der Waals surface area contributed by atoms with E-state index < -0.39 is 5.91 Å². The Labute approximate surface area is 145 Å². The number of benzene rings is 1. The number of aromatic nitrogens is 1. The second-order valence-corrected chi connectivity index (χ2v) is 7.37. The Kier molecular flexibility index (Phi) is 3.16. The summed E-state index contributed by atoms with van der Waals surface area (Å²) in [6.45, 7) is 4.60. The molecule has 2 N–H and O–H groups in total. The largest absolute Gasteiger partial charge is 0.456 e. The molecule has 0 unspecified atom stereocenters. The van der Waals surface area contributed by atoms with Crippen molar-refractivity contribution in [1.82, 2.24) is 9.88 Å². The molecule has 5 heterocycles. The van der Waals surface area contributed by atoms with Gasteiger partial charge in [0.1, 0.15) is 16.9 Å². The zero-order valence-electron chi connectivity index (χ0n) is 14.2. The van der Waals surface area contributed by atoms with E-state index in [9.17, 15) is 4.79 Å². The molecule has 1 amide bonds. The van der Waals surface area contributed by atoms with Gasteiger partial charge in [-0.3, -0.25) is 9.69 Å². The minimum absolute atomic E-state index is 0.296. The fraction of sp³-hybridized carbons (Fsp3) is 0.400. The Morgan fingerprint density at radius 1 is 1.24 bits per heavy atom. The van der Waals surface area contributed by atoms with Crippen LogP contribution in [0.5, 0.6) is 0 Å². The average molecular weight is 335 g/mol. The predicted molar refractivity (Wildman–Crippen MR) is 96.5 cm³/mol. The van der Waals surface area contributed by atoms with Crippen molar-refractivity contribution in [1.29, 1.82) is 0 Å². The van der Waals surface area contributed by atoms with E-state index in [1.165, 1.54) is 12.8 Å². The van der Waals surface area contributed by atoms with E-state index in [1.807, 2.05) is 18.2 Å². The number of hydrogen-bond donors (Lipinski definition) is 1. The number of carbonyl (C=O) groups is 1. The van der Waals surface area contributed by atoms with Gasteiger partial charge < -0.3 is 10.2 Å². The van der Waals surface area contributed by atoms with Crippen LogP contribution in [0.3, 0.4) is 0 Å². The Balaban J connectivity index is 1.82. The van der Waals surface area contributed by atoms with E-state index in [0.717, 1.165) is 35.1 Å². The number of furan rings is 1. The number of carbonyl (C=O) groups excluding carboxylic acids is 1. The molecule has 3 aliphatic heterocycles. The lowest BCUT2D eigenvalue weighted by atomic mass is 9.72. The first kappa shape index (κ1) is 14.9. The fourth-order valence-electron chi connectivity index (χ4n) is 4.90. The third kappa shape index (κ3) is 2.12. The zero-order valence-corrected chi connectivity index (χ0v) is 14.2. The smallest absolute Gasteiger partial charge is 0.267 e. The minimum atomic E-state index is -0.502. The average Bonchev–Trinajstić information content (AvgIpc) is 3.00. The molecule has 5 heteroatoms. The summed E-state index contributed by atoms with van der Waals surface area (Å²) in [5.41, 5.74) is 8.38. The maximum Gasteiger partial charge on any atom is 0.267 e. The lowest BCUT2D eigenvalue weighted by Crippen LogP contribution is -2.52. The van der Waals surface area contributed by atoms with Gasteiger partial charge in [-0.25, -0.2) is 4.98 Å². The number of piperidine rings is 3. The molecule has 5 nitrogen and oxygen atoms in total. The highest BCUT2D eigenvalue weighted by molar-refractivity contribution is 6.08. The van der Waals surface area contributed by atoms with Crippen LogP contribution in [-0.2, 0) is 0 Å². The van der Waals surface area contributed by atoms with E-state index in [0.29, 0.717) is 29.2 Å². The van der Waals surface area contributed by atoms with Gasteiger partial charge in [-0.15, -0.1) is 0 Å². The Hall–Kier alpha value is -2.40. The predicted octanol–water partition coefficient (Wildman–Crippen LogP) is 3.28. The van der Waals surface area contributed by atoms with Crippen LogP contribution < -0.4 is 5.73 Å². The quantitative estimate of drug-likeness (QED) is 0.780. The summed E-state index contributed by atoms with van der Waals surface area (Å²) in [5, 5.41) is 2.12. The lowest BCUT2D eigenvalue weighted by Gasteiger charge is -2.49. The van der Waals surface area contributed by atoms with E-state index >= 15 is 0 Å². The van der Waals surface area contributed by atoms with Gasteiger partial charge >= 0.3 is 0 Å². The van der Waals surface area contributed by atoms with E-state index in [4.69, 9.17) is 15.1 Å². The SMILES string of the molecule is C[C@@H]1[C@H](c2nc(C(N)=O)cc3oc4ccccc4c23)C2CCN1CC2. The summed E-state index contributed by atoms with van der Waals surface area (Å²) in [7, 11) is 0. The van der Waals surface area contributed by atoms with Gasteiger partial charge in [0.15, 0.2) is 0 Å². The van der Waals surface area contributed by atoms with Crippen molar-refractivity contribution in [2.45, 2.75) is 31.7 Å². The molecular formula is C20H21N3O2. The van der Waals surface area contributed by atoms with Crippen molar-refractivity contribution >= 4 is 27.8 Å². The van der Waals surface area contributed by atoms with Gasteiger partial charge in [-0.2, -0.15) is 0 Å². The van der Waals surface area contributed by atoms with Gasteiger partial charge in [0.25, 0.3) is 5.91 Å². The van der Waals surface area contributed by atoms with Gasteiger partial charge in [0, 0.05) is 23.4 Å². The molecule has 128 valence electrons. The van der Waals surface area contributed by atoms with Crippen molar-refractivity contribution in [3.8, 4) is 0 Å². The first-order chi connectivity index (χ1) is 12.1. The lowest BCUT2D eigenvalue weighted by molar-refractivity contribution is 0.0339. The molecule has 0 radical (unpaired) electrons. The molecular weight excluding hydrogens is 314 g/mol. The van der Waals surface area contributed by atoms with Crippen molar-refractivity contribution in [3.63, 3.8) is 0 Å². The van der Waals surface area contributed by atoms with Crippen LogP contribution in [0.15, 0.2) is 34.7 Å². The second kappa shape index (κ2) is 5.30. The van der Waals surface area contributed by atoms with Crippen LogP contribution in [0, 0.1) is 5.92 Å². The highest BCUT2D eigenvalue weighted by atomic mass is 16.3. The molecule has 1 aromatic carbocycles. The number of nitrogens with two attached hydrogens (primary N) is 1. The molecule has 3 aromatic rings. The molecule has 0 saturated carbocycles. The van der Waals surface area contributed by atoms with Crippen LogP contribution in [0.25, 0.3) is 21.9 Å². The van der Waals surface area contributed by atoms with Crippen molar-refractivity contribution in [2.24, 2.45) is 11.7 Å². The molecule has 0 spiro atoms. The third-order valence-electron chi connectivity index (χ3n) is 6.13. The Morgan fingerprint density at radius 3 is 2.72 bits per heavy atom. The summed E-state index contributed by atoms with van der Waals surface area (Å²) in [4.78, 5) is 19.1. The van der Waals surface area contributed by atoms with Crippen LogP contribution in [-0.4, -0.2) is 34.9 Å². The molecule has 2 aromatic heterocycles. The van der Waals surface area contributed by atoms with Crippen molar-refractivity contribution < 1.29 is 9.21 Å². The number of hydrogen-bond acceptors (Lipinski definition) is 4. The maximum absolute atomic E-state index is 11.8. The summed E-state index contributed by atoms with van der Waals surface area (Å²) >= 11 is 0.